The monoisotopic (exact) mass is 382 g/mol. The fourth-order valence-corrected chi connectivity index (χ4v) is 2.73. The van der Waals surface area contributed by atoms with Crippen LogP contribution in [0, 0.1) is 37.8 Å². The van der Waals surface area contributed by atoms with Gasteiger partial charge in [0.1, 0.15) is 5.82 Å². The third kappa shape index (κ3) is 3.39. The average Bonchev–Trinajstić information content (AvgIpc) is 2.99. The zero-order valence-electron chi connectivity index (χ0n) is 15.7. The van der Waals surface area contributed by atoms with Crippen LogP contribution in [0.25, 0.3) is 5.95 Å². The molecule has 0 saturated carbocycles. The normalized spacial score (nSPS) is 10.7. The van der Waals surface area contributed by atoms with Gasteiger partial charge in [-0.25, -0.2) is 4.98 Å². The van der Waals surface area contributed by atoms with Crippen molar-refractivity contribution in [2.75, 3.05) is 5.32 Å². The van der Waals surface area contributed by atoms with Crippen molar-refractivity contribution in [3.05, 3.63) is 72.8 Å². The smallest absolute Gasteiger partial charge is 0.273 e. The van der Waals surface area contributed by atoms with Crippen LogP contribution in [0.15, 0.2) is 29.1 Å². The van der Waals surface area contributed by atoms with Crippen molar-refractivity contribution < 1.29 is 9.72 Å². The van der Waals surface area contributed by atoms with Gasteiger partial charge in [-0.2, -0.15) is 9.78 Å². The molecule has 0 bridgehead atoms. The van der Waals surface area contributed by atoms with Crippen LogP contribution in [0.1, 0.15) is 32.9 Å². The molecule has 3 rings (SSSR count). The molecule has 1 amide bonds. The number of nitro groups is 1. The molecule has 0 aliphatic rings. The van der Waals surface area contributed by atoms with Crippen molar-refractivity contribution in [3.63, 3.8) is 0 Å². The number of H-pyrrole nitrogens is 1. The Morgan fingerprint density at radius 3 is 2.57 bits per heavy atom. The molecule has 0 saturated heterocycles. The highest BCUT2D eigenvalue weighted by molar-refractivity contribution is 6.05. The number of carbonyl (C=O) groups is 1. The van der Waals surface area contributed by atoms with E-state index in [-0.39, 0.29) is 34.1 Å². The van der Waals surface area contributed by atoms with Crippen molar-refractivity contribution in [3.8, 4) is 5.95 Å². The number of nitrogens with one attached hydrogen (secondary N) is 2. The standard InChI is InChI=1S/C18H18N6O4/c1-9-8-15(23(22-9)18-19-12(4)10(2)16(25)21-18)20-17(26)13-6-5-7-14(11(13)3)24(27)28/h5-8H,1-4H3,(H,20,26)(H,19,21,25). The summed E-state index contributed by atoms with van der Waals surface area (Å²) >= 11 is 0. The summed E-state index contributed by atoms with van der Waals surface area (Å²) in [6.45, 7) is 6.60. The lowest BCUT2D eigenvalue weighted by Crippen LogP contribution is -2.21. The molecule has 2 N–H and O–H groups in total. The van der Waals surface area contributed by atoms with Crippen LogP contribution in [-0.4, -0.2) is 30.6 Å². The summed E-state index contributed by atoms with van der Waals surface area (Å²) < 4.78 is 1.31. The summed E-state index contributed by atoms with van der Waals surface area (Å²) in [5, 5.41) is 18.1. The Hall–Kier alpha value is -3.82. The predicted octanol–water partition coefficient (Wildman–Crippen LogP) is 2.35. The number of aromatic amines is 1. The van der Waals surface area contributed by atoms with Gasteiger partial charge in [0.05, 0.1) is 10.6 Å². The molecule has 0 spiro atoms. The number of nitrogens with zero attached hydrogens (tertiary/aromatic N) is 4. The lowest BCUT2D eigenvalue weighted by molar-refractivity contribution is -0.385. The van der Waals surface area contributed by atoms with Gasteiger partial charge in [-0.15, -0.1) is 0 Å². The van der Waals surface area contributed by atoms with E-state index >= 15 is 0 Å². The highest BCUT2D eigenvalue weighted by Gasteiger charge is 2.20. The van der Waals surface area contributed by atoms with Gasteiger partial charge in [0.15, 0.2) is 0 Å². The quantitative estimate of drug-likeness (QED) is 0.525. The third-order valence-electron chi connectivity index (χ3n) is 4.40. The number of aromatic nitrogens is 4. The summed E-state index contributed by atoms with van der Waals surface area (Å²) in [4.78, 5) is 42.3. The fraction of sp³-hybridized carbons (Fsp3) is 0.222. The van der Waals surface area contributed by atoms with Crippen LogP contribution < -0.4 is 10.9 Å². The second-order valence-electron chi connectivity index (χ2n) is 6.34. The van der Waals surface area contributed by atoms with E-state index in [1.807, 2.05) is 0 Å². The second kappa shape index (κ2) is 7.06. The molecule has 2 heterocycles. The maximum atomic E-state index is 12.7. The van der Waals surface area contributed by atoms with Gasteiger partial charge in [0, 0.05) is 34.5 Å². The first-order valence-electron chi connectivity index (χ1n) is 8.39. The van der Waals surface area contributed by atoms with Crippen LogP contribution in [0.4, 0.5) is 11.5 Å². The fourth-order valence-electron chi connectivity index (χ4n) is 2.73. The summed E-state index contributed by atoms with van der Waals surface area (Å²) in [5.74, 6) is -0.0967. The van der Waals surface area contributed by atoms with Crippen molar-refractivity contribution in [1.82, 2.24) is 19.7 Å². The molecule has 0 aliphatic heterocycles. The van der Waals surface area contributed by atoms with E-state index < -0.39 is 10.8 Å². The topological polar surface area (TPSA) is 136 Å². The Bertz CT molecular complexity index is 1160. The van der Waals surface area contributed by atoms with Crippen LogP contribution in [-0.2, 0) is 0 Å². The number of hydrogen-bond acceptors (Lipinski definition) is 6. The predicted molar refractivity (Wildman–Crippen MR) is 102 cm³/mol. The lowest BCUT2D eigenvalue weighted by atomic mass is 10.1. The van der Waals surface area contributed by atoms with Gasteiger partial charge in [0.25, 0.3) is 17.2 Å². The SMILES string of the molecule is Cc1cc(NC(=O)c2cccc([N+](=O)[O-])c2C)n(-c2nc(C)c(C)c(=O)[nH]2)n1. The number of carbonyl (C=O) groups excluding carboxylic acids is 1. The molecule has 0 fully saturated rings. The molecule has 0 aliphatic carbocycles. The second-order valence-corrected chi connectivity index (χ2v) is 6.34. The van der Waals surface area contributed by atoms with Gasteiger partial charge in [-0.05, 0) is 33.8 Å². The van der Waals surface area contributed by atoms with E-state index in [9.17, 15) is 19.7 Å². The van der Waals surface area contributed by atoms with Crippen molar-refractivity contribution in [1.29, 1.82) is 0 Å². The molecular weight excluding hydrogens is 364 g/mol. The molecule has 0 radical (unpaired) electrons. The van der Waals surface area contributed by atoms with Gasteiger partial charge in [0.2, 0.25) is 5.95 Å². The summed E-state index contributed by atoms with van der Waals surface area (Å²) in [7, 11) is 0. The Morgan fingerprint density at radius 1 is 1.21 bits per heavy atom. The van der Waals surface area contributed by atoms with E-state index in [0.29, 0.717) is 17.0 Å². The zero-order chi connectivity index (χ0) is 20.6. The number of aryl methyl sites for hydroxylation is 2. The van der Waals surface area contributed by atoms with Gasteiger partial charge >= 0.3 is 0 Å². The molecular formula is C18H18N6O4. The number of amides is 1. The summed E-state index contributed by atoms with van der Waals surface area (Å²) in [6.07, 6.45) is 0. The first kappa shape index (κ1) is 19.0. The maximum absolute atomic E-state index is 12.7. The minimum absolute atomic E-state index is 0.141. The van der Waals surface area contributed by atoms with Crippen molar-refractivity contribution >= 4 is 17.4 Å². The number of nitro benzene ring substituents is 1. The van der Waals surface area contributed by atoms with Crippen LogP contribution >= 0.6 is 0 Å². The maximum Gasteiger partial charge on any atom is 0.273 e. The van der Waals surface area contributed by atoms with Gasteiger partial charge in [-0.1, -0.05) is 6.07 Å². The largest absolute Gasteiger partial charge is 0.306 e. The highest BCUT2D eigenvalue weighted by atomic mass is 16.6. The molecule has 28 heavy (non-hydrogen) atoms. The van der Waals surface area contributed by atoms with Crippen molar-refractivity contribution in [2.24, 2.45) is 0 Å². The first-order chi connectivity index (χ1) is 13.2. The molecule has 3 aromatic rings. The lowest BCUT2D eigenvalue weighted by Gasteiger charge is -2.10. The molecule has 0 atom stereocenters. The molecule has 1 aromatic carbocycles. The zero-order valence-corrected chi connectivity index (χ0v) is 15.7. The van der Waals surface area contributed by atoms with Crippen LogP contribution in [0.3, 0.4) is 0 Å². The molecule has 10 nitrogen and oxygen atoms in total. The van der Waals surface area contributed by atoms with Gasteiger partial charge in [-0.3, -0.25) is 24.7 Å². The number of hydrogen-bond donors (Lipinski definition) is 2. The van der Waals surface area contributed by atoms with Crippen LogP contribution in [0.5, 0.6) is 0 Å². The van der Waals surface area contributed by atoms with E-state index in [0.717, 1.165) is 0 Å². The molecule has 144 valence electrons. The average molecular weight is 382 g/mol. The minimum atomic E-state index is -0.537. The van der Waals surface area contributed by atoms with Crippen molar-refractivity contribution in [2.45, 2.75) is 27.7 Å². The third-order valence-corrected chi connectivity index (χ3v) is 4.40. The molecule has 10 heteroatoms. The minimum Gasteiger partial charge on any atom is -0.306 e. The van der Waals surface area contributed by atoms with E-state index in [4.69, 9.17) is 0 Å². The summed E-state index contributed by atoms with van der Waals surface area (Å²) in [6, 6.07) is 5.90. The Labute approximate surface area is 159 Å². The Kier molecular flexibility index (Phi) is 4.78. The first-order valence-corrected chi connectivity index (χ1v) is 8.39. The molecule has 0 unspecified atom stereocenters. The Morgan fingerprint density at radius 2 is 1.93 bits per heavy atom. The summed E-state index contributed by atoms with van der Waals surface area (Å²) in [5.41, 5.74) is 1.60. The Balaban J connectivity index is 2.01. The molecule has 2 aromatic heterocycles. The number of rotatable bonds is 4. The highest BCUT2D eigenvalue weighted by Crippen LogP contribution is 2.23. The van der Waals surface area contributed by atoms with E-state index in [1.165, 1.54) is 29.8 Å². The van der Waals surface area contributed by atoms with Gasteiger partial charge < -0.3 is 5.32 Å². The number of benzene rings is 1. The number of anilines is 1. The van der Waals surface area contributed by atoms with Crippen LogP contribution in [0.2, 0.25) is 0 Å². The van der Waals surface area contributed by atoms with E-state index in [2.05, 4.69) is 20.4 Å². The van der Waals surface area contributed by atoms with E-state index in [1.54, 1.807) is 26.8 Å².